The minimum absolute atomic E-state index is 0.168. The van der Waals surface area contributed by atoms with Crippen molar-refractivity contribution in [2.24, 2.45) is 7.05 Å². The fourth-order valence-electron chi connectivity index (χ4n) is 1.57. The van der Waals surface area contributed by atoms with Crippen molar-refractivity contribution in [3.63, 3.8) is 0 Å². The number of aliphatic hydroxyl groups excluding tert-OH is 1. The summed E-state index contributed by atoms with van der Waals surface area (Å²) in [5, 5.41) is 15.3. The van der Waals surface area contributed by atoms with Crippen molar-refractivity contribution >= 4 is 11.6 Å². The number of amides is 1. The van der Waals surface area contributed by atoms with Gasteiger partial charge in [-0.15, -0.1) is 0 Å². The summed E-state index contributed by atoms with van der Waals surface area (Å²) in [6.45, 7) is -0.168. The molecule has 5 heteroatoms. The molecule has 19 heavy (non-hydrogen) atoms. The number of nitrogens with zero attached hydrogens (tertiary/aromatic N) is 2. The Balaban J connectivity index is 2.08. The van der Waals surface area contributed by atoms with Gasteiger partial charge in [0.25, 0.3) is 5.91 Å². The Morgan fingerprint density at radius 2 is 2.11 bits per heavy atom. The molecular weight excluding hydrogens is 242 g/mol. The van der Waals surface area contributed by atoms with Gasteiger partial charge in [-0.25, -0.2) is 0 Å². The van der Waals surface area contributed by atoms with Crippen LogP contribution in [0.15, 0.2) is 36.5 Å². The molecule has 1 aromatic heterocycles. The zero-order chi connectivity index (χ0) is 13.7. The molecule has 0 aliphatic carbocycles. The zero-order valence-electron chi connectivity index (χ0n) is 10.4. The minimum atomic E-state index is -0.214. The summed E-state index contributed by atoms with van der Waals surface area (Å²) in [6.07, 6.45) is 1.57. The molecule has 0 saturated carbocycles. The lowest BCUT2D eigenvalue weighted by Gasteiger charge is -2.05. The van der Waals surface area contributed by atoms with Gasteiger partial charge in [0.15, 0.2) is 0 Å². The Hall–Kier alpha value is -2.58. The van der Waals surface area contributed by atoms with Crippen molar-refractivity contribution < 1.29 is 9.90 Å². The van der Waals surface area contributed by atoms with E-state index in [1.165, 1.54) is 4.68 Å². The molecule has 0 aliphatic rings. The smallest absolute Gasteiger partial charge is 0.273 e. The van der Waals surface area contributed by atoms with Crippen LogP contribution >= 0.6 is 0 Å². The molecular formula is C14H13N3O2. The molecule has 0 bridgehead atoms. The molecule has 5 nitrogen and oxygen atoms in total. The van der Waals surface area contributed by atoms with E-state index in [2.05, 4.69) is 22.3 Å². The highest BCUT2D eigenvalue weighted by molar-refractivity contribution is 6.02. The van der Waals surface area contributed by atoms with Crippen LogP contribution in [0.5, 0.6) is 0 Å². The molecule has 2 rings (SSSR count). The number of carbonyl (C=O) groups is 1. The molecule has 96 valence electrons. The van der Waals surface area contributed by atoms with Crippen molar-refractivity contribution in [2.75, 3.05) is 11.9 Å². The number of carbonyl (C=O) groups excluding carboxylic acids is 1. The number of aliphatic hydroxyl groups is 1. The Morgan fingerprint density at radius 3 is 2.68 bits per heavy atom. The van der Waals surface area contributed by atoms with E-state index in [1.54, 1.807) is 43.6 Å². The van der Waals surface area contributed by atoms with E-state index in [0.29, 0.717) is 11.4 Å². The predicted molar refractivity (Wildman–Crippen MR) is 71.6 cm³/mol. The van der Waals surface area contributed by atoms with Crippen LogP contribution < -0.4 is 5.32 Å². The Labute approximate surface area is 110 Å². The number of hydrogen-bond donors (Lipinski definition) is 2. The van der Waals surface area contributed by atoms with Crippen molar-refractivity contribution in [3.8, 4) is 11.8 Å². The average Bonchev–Trinajstić information content (AvgIpc) is 2.84. The van der Waals surface area contributed by atoms with E-state index >= 15 is 0 Å². The molecule has 0 radical (unpaired) electrons. The lowest BCUT2D eigenvalue weighted by molar-refractivity contribution is 0.101. The fourth-order valence-corrected chi connectivity index (χ4v) is 1.57. The first kappa shape index (κ1) is 12.9. The molecule has 1 heterocycles. The van der Waals surface area contributed by atoms with Gasteiger partial charge in [-0.1, -0.05) is 11.8 Å². The molecule has 1 amide bonds. The molecule has 0 unspecified atom stereocenters. The van der Waals surface area contributed by atoms with Crippen LogP contribution in [0.1, 0.15) is 16.1 Å². The third kappa shape index (κ3) is 3.21. The number of rotatable bonds is 2. The highest BCUT2D eigenvalue weighted by Crippen LogP contribution is 2.10. The van der Waals surface area contributed by atoms with Crippen LogP contribution in [0.4, 0.5) is 5.69 Å². The van der Waals surface area contributed by atoms with E-state index in [1.807, 2.05) is 0 Å². The second-order valence-corrected chi connectivity index (χ2v) is 3.83. The quantitative estimate of drug-likeness (QED) is 0.787. The van der Waals surface area contributed by atoms with Crippen molar-refractivity contribution in [2.45, 2.75) is 0 Å². The van der Waals surface area contributed by atoms with E-state index in [4.69, 9.17) is 5.11 Å². The zero-order valence-corrected chi connectivity index (χ0v) is 10.4. The monoisotopic (exact) mass is 255 g/mol. The van der Waals surface area contributed by atoms with E-state index < -0.39 is 0 Å². The Kier molecular flexibility index (Phi) is 3.96. The molecule has 1 aromatic carbocycles. The van der Waals surface area contributed by atoms with Crippen LogP contribution in [0.25, 0.3) is 0 Å². The summed E-state index contributed by atoms with van der Waals surface area (Å²) < 4.78 is 1.51. The summed E-state index contributed by atoms with van der Waals surface area (Å²) in [5.41, 5.74) is 1.96. The number of aryl methyl sites for hydroxylation is 1. The van der Waals surface area contributed by atoms with Crippen molar-refractivity contribution in [1.29, 1.82) is 0 Å². The molecule has 0 fully saturated rings. The third-order valence-electron chi connectivity index (χ3n) is 2.51. The number of benzene rings is 1. The van der Waals surface area contributed by atoms with Gasteiger partial charge < -0.3 is 10.4 Å². The maximum atomic E-state index is 11.9. The summed E-state index contributed by atoms with van der Waals surface area (Å²) in [5.74, 6) is 5.13. The van der Waals surface area contributed by atoms with Crippen LogP contribution in [-0.4, -0.2) is 27.4 Å². The molecule has 2 N–H and O–H groups in total. The van der Waals surface area contributed by atoms with E-state index in [-0.39, 0.29) is 12.5 Å². The van der Waals surface area contributed by atoms with Gasteiger partial charge in [0.2, 0.25) is 0 Å². The normalized spacial score (nSPS) is 9.58. The molecule has 0 aliphatic heterocycles. The van der Waals surface area contributed by atoms with E-state index in [0.717, 1.165) is 5.56 Å². The topological polar surface area (TPSA) is 67.2 Å². The SMILES string of the molecule is Cn1nccc1C(=O)Nc1ccc(C#CCO)cc1. The van der Waals surface area contributed by atoms with Gasteiger partial charge in [-0.2, -0.15) is 5.10 Å². The highest BCUT2D eigenvalue weighted by Gasteiger charge is 2.09. The standard InChI is InChI=1S/C14H13N3O2/c1-17-13(8-9-15-17)14(19)16-12-6-4-11(5-7-12)3-2-10-18/h4-9,18H,10H2,1H3,(H,16,19). The van der Waals surface area contributed by atoms with Crippen LogP contribution in [0.2, 0.25) is 0 Å². The van der Waals surface area contributed by atoms with Gasteiger partial charge in [0.05, 0.1) is 0 Å². The summed E-state index contributed by atoms with van der Waals surface area (Å²) in [7, 11) is 1.71. The molecule has 0 saturated heterocycles. The lowest BCUT2D eigenvalue weighted by Crippen LogP contribution is -2.15. The molecule has 2 aromatic rings. The lowest BCUT2D eigenvalue weighted by atomic mass is 10.2. The summed E-state index contributed by atoms with van der Waals surface area (Å²) in [4.78, 5) is 11.9. The average molecular weight is 255 g/mol. The van der Waals surface area contributed by atoms with Crippen molar-refractivity contribution in [3.05, 3.63) is 47.8 Å². The van der Waals surface area contributed by atoms with E-state index in [9.17, 15) is 4.79 Å². The maximum Gasteiger partial charge on any atom is 0.273 e. The second kappa shape index (κ2) is 5.85. The first-order valence-corrected chi connectivity index (χ1v) is 5.70. The van der Waals surface area contributed by atoms with Gasteiger partial charge in [-0.05, 0) is 30.3 Å². The number of aromatic nitrogens is 2. The number of nitrogens with one attached hydrogen (secondary N) is 1. The second-order valence-electron chi connectivity index (χ2n) is 3.83. The van der Waals surface area contributed by atoms with Gasteiger partial charge >= 0.3 is 0 Å². The minimum Gasteiger partial charge on any atom is -0.384 e. The fraction of sp³-hybridized carbons (Fsp3) is 0.143. The van der Waals surface area contributed by atoms with Crippen LogP contribution in [0, 0.1) is 11.8 Å². The van der Waals surface area contributed by atoms with Crippen molar-refractivity contribution in [1.82, 2.24) is 9.78 Å². The van der Waals surface area contributed by atoms with Gasteiger partial charge in [-0.3, -0.25) is 9.48 Å². The largest absolute Gasteiger partial charge is 0.384 e. The summed E-state index contributed by atoms with van der Waals surface area (Å²) >= 11 is 0. The molecule has 0 atom stereocenters. The maximum absolute atomic E-state index is 11.9. The van der Waals surface area contributed by atoms with Crippen LogP contribution in [-0.2, 0) is 7.05 Å². The first-order valence-electron chi connectivity index (χ1n) is 5.70. The number of anilines is 1. The summed E-state index contributed by atoms with van der Waals surface area (Å²) in [6, 6.07) is 8.73. The third-order valence-corrected chi connectivity index (χ3v) is 2.51. The highest BCUT2D eigenvalue weighted by atomic mass is 16.2. The Bertz CT molecular complexity index is 633. The van der Waals surface area contributed by atoms with Crippen LogP contribution in [0.3, 0.4) is 0 Å². The van der Waals surface area contributed by atoms with Gasteiger partial charge in [0.1, 0.15) is 12.3 Å². The Morgan fingerprint density at radius 1 is 1.37 bits per heavy atom. The predicted octanol–water partition coefficient (Wildman–Crippen LogP) is 1.02. The first-order chi connectivity index (χ1) is 9.20. The number of hydrogen-bond acceptors (Lipinski definition) is 3. The van der Waals surface area contributed by atoms with Gasteiger partial charge in [0, 0.05) is 24.5 Å². The molecule has 0 spiro atoms.